The molecule has 1 N–H and O–H groups in total. The predicted molar refractivity (Wildman–Crippen MR) is 80.8 cm³/mol. The molecule has 20 heavy (non-hydrogen) atoms. The molecule has 2 aliphatic heterocycles. The summed E-state index contributed by atoms with van der Waals surface area (Å²) in [5.74, 6) is 0. The number of rotatable bonds is 2. The van der Waals surface area contributed by atoms with Gasteiger partial charge in [-0.05, 0) is 36.6 Å². The third-order valence-corrected chi connectivity index (χ3v) is 4.41. The third kappa shape index (κ3) is 2.52. The van der Waals surface area contributed by atoms with E-state index in [-0.39, 0.29) is 6.04 Å². The lowest BCUT2D eigenvalue weighted by molar-refractivity contribution is 0.252. The van der Waals surface area contributed by atoms with Crippen molar-refractivity contribution in [2.24, 2.45) is 0 Å². The molecule has 2 aliphatic rings. The van der Waals surface area contributed by atoms with Crippen LogP contribution in [0.5, 0.6) is 0 Å². The van der Waals surface area contributed by atoms with Gasteiger partial charge in [-0.1, -0.05) is 12.1 Å². The van der Waals surface area contributed by atoms with E-state index in [4.69, 9.17) is 0 Å². The van der Waals surface area contributed by atoms with Crippen LogP contribution >= 0.6 is 0 Å². The first-order valence-electron chi connectivity index (χ1n) is 7.48. The van der Waals surface area contributed by atoms with Gasteiger partial charge in [0.05, 0.1) is 6.07 Å². The number of benzene rings is 1. The molecular formula is C16H22N4. The van der Waals surface area contributed by atoms with E-state index < -0.39 is 0 Å². The highest BCUT2D eigenvalue weighted by Gasteiger charge is 2.23. The van der Waals surface area contributed by atoms with Crippen molar-refractivity contribution in [3.05, 3.63) is 29.3 Å². The highest BCUT2D eigenvalue weighted by atomic mass is 15.2. The Kier molecular flexibility index (Phi) is 3.90. The Hall–Kier alpha value is -1.57. The molecule has 0 aromatic heterocycles. The van der Waals surface area contributed by atoms with Gasteiger partial charge in [-0.15, -0.1) is 0 Å². The highest BCUT2D eigenvalue weighted by Crippen LogP contribution is 2.31. The summed E-state index contributed by atoms with van der Waals surface area (Å²) in [6.45, 7) is 5.08. The molecule has 1 unspecified atom stereocenters. The van der Waals surface area contributed by atoms with Crippen LogP contribution in [0.1, 0.15) is 23.6 Å². The van der Waals surface area contributed by atoms with Gasteiger partial charge in [0.1, 0.15) is 6.04 Å². The quantitative estimate of drug-likeness (QED) is 0.885. The van der Waals surface area contributed by atoms with Crippen molar-refractivity contribution in [1.29, 1.82) is 5.26 Å². The highest BCUT2D eigenvalue weighted by molar-refractivity contribution is 5.59. The van der Waals surface area contributed by atoms with Gasteiger partial charge in [-0.25, -0.2) is 0 Å². The maximum absolute atomic E-state index is 9.60. The number of hydrogen-bond acceptors (Lipinski definition) is 4. The average Bonchev–Trinajstić information content (AvgIpc) is 2.68. The minimum Gasteiger partial charge on any atom is -0.374 e. The van der Waals surface area contributed by atoms with E-state index in [1.807, 2.05) is 0 Å². The normalized spacial score (nSPS) is 21.1. The molecule has 1 fully saturated rings. The summed E-state index contributed by atoms with van der Waals surface area (Å²) < 4.78 is 0. The first-order valence-corrected chi connectivity index (χ1v) is 7.48. The fraction of sp³-hybridized carbons (Fsp3) is 0.562. The second-order valence-electron chi connectivity index (χ2n) is 5.73. The summed E-state index contributed by atoms with van der Waals surface area (Å²) in [7, 11) is 2.13. The molecule has 0 spiro atoms. The average molecular weight is 270 g/mol. The second kappa shape index (κ2) is 5.82. The number of anilines is 1. The van der Waals surface area contributed by atoms with Crippen molar-refractivity contribution in [2.75, 3.05) is 44.7 Å². The van der Waals surface area contributed by atoms with Crippen molar-refractivity contribution in [3.63, 3.8) is 0 Å². The van der Waals surface area contributed by atoms with Gasteiger partial charge in [0, 0.05) is 38.9 Å². The molecule has 4 nitrogen and oxygen atoms in total. The molecule has 0 bridgehead atoms. The van der Waals surface area contributed by atoms with E-state index in [1.54, 1.807) is 0 Å². The van der Waals surface area contributed by atoms with Crippen LogP contribution in [-0.2, 0) is 6.42 Å². The topological polar surface area (TPSA) is 42.3 Å². The van der Waals surface area contributed by atoms with Gasteiger partial charge in [-0.2, -0.15) is 5.26 Å². The summed E-state index contributed by atoms with van der Waals surface area (Å²) in [6, 6.07) is 8.95. The zero-order valence-corrected chi connectivity index (χ0v) is 12.1. The second-order valence-corrected chi connectivity index (χ2v) is 5.73. The standard InChI is InChI=1S/C16H22N4/c1-19-9-5-14-11-13(3-4-15(14)19)16(12-17)20-8-2-6-18-7-10-20/h3-4,11,16,18H,2,5-10H2,1H3. The summed E-state index contributed by atoms with van der Waals surface area (Å²) in [5, 5.41) is 13.0. The maximum Gasteiger partial charge on any atom is 0.123 e. The van der Waals surface area contributed by atoms with Crippen LogP contribution in [0.4, 0.5) is 5.69 Å². The van der Waals surface area contributed by atoms with E-state index in [0.717, 1.165) is 51.1 Å². The summed E-state index contributed by atoms with van der Waals surface area (Å²) in [6.07, 6.45) is 2.21. The Morgan fingerprint density at radius 2 is 2.15 bits per heavy atom. The fourth-order valence-electron chi connectivity index (χ4n) is 3.25. The van der Waals surface area contributed by atoms with E-state index in [1.165, 1.54) is 11.3 Å². The minimum atomic E-state index is -0.105. The van der Waals surface area contributed by atoms with E-state index in [9.17, 15) is 5.26 Å². The maximum atomic E-state index is 9.60. The van der Waals surface area contributed by atoms with Gasteiger partial charge >= 0.3 is 0 Å². The fourth-order valence-corrected chi connectivity index (χ4v) is 3.25. The Morgan fingerprint density at radius 1 is 1.25 bits per heavy atom. The van der Waals surface area contributed by atoms with Crippen LogP contribution in [0.15, 0.2) is 18.2 Å². The molecule has 2 heterocycles. The molecule has 1 saturated heterocycles. The van der Waals surface area contributed by atoms with Crippen LogP contribution in [0.3, 0.4) is 0 Å². The lowest BCUT2D eigenvalue weighted by Gasteiger charge is -2.25. The Balaban J connectivity index is 1.84. The summed E-state index contributed by atoms with van der Waals surface area (Å²) in [4.78, 5) is 4.59. The van der Waals surface area contributed by atoms with Crippen molar-refractivity contribution in [3.8, 4) is 6.07 Å². The Morgan fingerprint density at radius 3 is 3.00 bits per heavy atom. The van der Waals surface area contributed by atoms with Gasteiger partial charge in [0.2, 0.25) is 0 Å². The minimum absolute atomic E-state index is 0.105. The van der Waals surface area contributed by atoms with Crippen molar-refractivity contribution in [1.82, 2.24) is 10.2 Å². The number of fused-ring (bicyclic) bond motifs is 1. The van der Waals surface area contributed by atoms with Gasteiger partial charge in [-0.3, -0.25) is 4.90 Å². The number of hydrogen-bond donors (Lipinski definition) is 1. The number of nitrogens with zero attached hydrogens (tertiary/aromatic N) is 3. The van der Waals surface area contributed by atoms with Crippen molar-refractivity contribution < 1.29 is 0 Å². The van der Waals surface area contributed by atoms with Crippen LogP contribution in [0.2, 0.25) is 0 Å². The summed E-state index contributed by atoms with van der Waals surface area (Å²) >= 11 is 0. The van der Waals surface area contributed by atoms with E-state index in [0.29, 0.717) is 0 Å². The molecule has 0 amide bonds. The Labute approximate surface area is 121 Å². The zero-order chi connectivity index (χ0) is 13.9. The van der Waals surface area contributed by atoms with E-state index in [2.05, 4.69) is 46.4 Å². The lowest BCUT2D eigenvalue weighted by Crippen LogP contribution is -2.31. The molecule has 1 aromatic rings. The summed E-state index contributed by atoms with van der Waals surface area (Å²) in [5.41, 5.74) is 3.87. The SMILES string of the molecule is CN1CCc2cc(C(C#N)N3CCCNCC3)ccc21. The monoisotopic (exact) mass is 270 g/mol. The Bertz CT molecular complexity index is 512. The molecular weight excluding hydrogens is 248 g/mol. The van der Waals surface area contributed by atoms with E-state index >= 15 is 0 Å². The first-order chi connectivity index (χ1) is 9.79. The lowest BCUT2D eigenvalue weighted by atomic mass is 10.0. The van der Waals surface area contributed by atoms with Crippen LogP contribution < -0.4 is 10.2 Å². The first kappa shape index (κ1) is 13.4. The molecule has 1 atom stereocenters. The molecule has 0 saturated carbocycles. The predicted octanol–water partition coefficient (Wildman–Crippen LogP) is 1.54. The van der Waals surface area contributed by atoms with Gasteiger partial charge < -0.3 is 10.2 Å². The molecule has 4 heteroatoms. The van der Waals surface area contributed by atoms with Gasteiger partial charge in [0.25, 0.3) is 0 Å². The molecule has 0 radical (unpaired) electrons. The van der Waals surface area contributed by atoms with Crippen LogP contribution in [0.25, 0.3) is 0 Å². The molecule has 106 valence electrons. The third-order valence-electron chi connectivity index (χ3n) is 4.41. The number of nitrogens with one attached hydrogen (secondary N) is 1. The number of likely N-dealkylation sites (N-methyl/N-ethyl adjacent to an activating group) is 1. The van der Waals surface area contributed by atoms with Crippen molar-refractivity contribution in [2.45, 2.75) is 18.9 Å². The molecule has 0 aliphatic carbocycles. The smallest absolute Gasteiger partial charge is 0.123 e. The molecule has 3 rings (SSSR count). The van der Waals surface area contributed by atoms with Crippen molar-refractivity contribution >= 4 is 5.69 Å². The largest absolute Gasteiger partial charge is 0.374 e. The van der Waals surface area contributed by atoms with Gasteiger partial charge in [0.15, 0.2) is 0 Å². The van der Waals surface area contributed by atoms with Crippen LogP contribution in [0, 0.1) is 11.3 Å². The number of nitriles is 1. The van der Waals surface area contributed by atoms with Crippen LogP contribution in [-0.4, -0.2) is 44.7 Å². The molecule has 1 aromatic carbocycles. The zero-order valence-electron chi connectivity index (χ0n) is 12.1.